The molecule has 1 aliphatic rings. The lowest BCUT2D eigenvalue weighted by Crippen LogP contribution is -2.04. The van der Waals surface area contributed by atoms with Crippen molar-refractivity contribution in [3.63, 3.8) is 0 Å². The maximum absolute atomic E-state index is 12.5. The summed E-state index contributed by atoms with van der Waals surface area (Å²) in [5.41, 5.74) is 7.55. The molecule has 0 aliphatic heterocycles. The van der Waals surface area contributed by atoms with Crippen LogP contribution in [0.4, 0.5) is 13.2 Å². The van der Waals surface area contributed by atoms with Gasteiger partial charge in [0.15, 0.2) is 0 Å². The first kappa shape index (κ1) is 13.1. The molecule has 0 saturated heterocycles. The van der Waals surface area contributed by atoms with Crippen LogP contribution in [0.3, 0.4) is 0 Å². The van der Waals surface area contributed by atoms with Crippen molar-refractivity contribution >= 4 is 0 Å². The third-order valence-electron chi connectivity index (χ3n) is 3.56. The minimum absolute atomic E-state index is 0.216. The van der Waals surface area contributed by atoms with E-state index in [0.717, 1.165) is 24.1 Å². The van der Waals surface area contributed by atoms with Crippen molar-refractivity contribution in [1.82, 2.24) is 4.98 Å². The minimum Gasteiger partial charge on any atom is -0.327 e. The second-order valence-electron chi connectivity index (χ2n) is 5.06. The van der Waals surface area contributed by atoms with Crippen LogP contribution < -0.4 is 5.73 Å². The Hall–Kier alpha value is -1.88. The molecule has 2 atom stereocenters. The fraction of sp³-hybridized carbons (Fsp3) is 0.267. The van der Waals surface area contributed by atoms with Crippen LogP contribution in [0, 0.1) is 0 Å². The molecule has 0 spiro atoms. The van der Waals surface area contributed by atoms with Gasteiger partial charge in [-0.05, 0) is 30.2 Å². The molecule has 104 valence electrons. The summed E-state index contributed by atoms with van der Waals surface area (Å²) < 4.78 is 37.4. The van der Waals surface area contributed by atoms with E-state index in [1.54, 1.807) is 6.20 Å². The number of aromatic nitrogens is 1. The van der Waals surface area contributed by atoms with E-state index in [9.17, 15) is 13.2 Å². The third kappa shape index (κ3) is 2.54. The predicted molar refractivity (Wildman–Crippen MR) is 70.0 cm³/mol. The second-order valence-corrected chi connectivity index (χ2v) is 5.06. The van der Waals surface area contributed by atoms with Gasteiger partial charge in [0.25, 0.3) is 0 Å². The van der Waals surface area contributed by atoms with Crippen molar-refractivity contribution in [2.24, 2.45) is 5.73 Å². The summed E-state index contributed by atoms with van der Waals surface area (Å²) in [6.07, 6.45) is -1.58. The minimum atomic E-state index is -4.31. The Morgan fingerprint density at radius 1 is 1.05 bits per heavy atom. The van der Waals surface area contributed by atoms with Crippen molar-refractivity contribution in [3.05, 3.63) is 53.7 Å². The van der Waals surface area contributed by atoms with Crippen LogP contribution >= 0.6 is 0 Å². The van der Waals surface area contributed by atoms with Gasteiger partial charge in [0.05, 0.1) is 11.3 Å². The van der Waals surface area contributed by atoms with Crippen molar-refractivity contribution in [3.8, 4) is 11.3 Å². The van der Waals surface area contributed by atoms with E-state index in [1.807, 2.05) is 12.1 Å². The normalized spacial score (nSPS) is 21.8. The molecule has 1 aromatic heterocycles. The molecule has 3 rings (SSSR count). The van der Waals surface area contributed by atoms with Crippen molar-refractivity contribution in [2.75, 3.05) is 0 Å². The number of halogens is 3. The quantitative estimate of drug-likeness (QED) is 0.911. The topological polar surface area (TPSA) is 38.9 Å². The largest absolute Gasteiger partial charge is 0.416 e. The molecule has 0 amide bonds. The second kappa shape index (κ2) is 4.59. The summed E-state index contributed by atoms with van der Waals surface area (Å²) in [7, 11) is 0. The molecule has 1 fully saturated rings. The monoisotopic (exact) mass is 278 g/mol. The van der Waals surface area contributed by atoms with Gasteiger partial charge in [0.1, 0.15) is 0 Å². The number of hydrogen-bond donors (Lipinski definition) is 1. The lowest BCUT2D eigenvalue weighted by Gasteiger charge is -2.07. The van der Waals surface area contributed by atoms with Gasteiger partial charge < -0.3 is 5.73 Å². The summed E-state index contributed by atoms with van der Waals surface area (Å²) in [6, 6.07) is 9.00. The van der Waals surface area contributed by atoms with E-state index in [1.165, 1.54) is 12.1 Å². The number of rotatable bonds is 2. The van der Waals surface area contributed by atoms with Gasteiger partial charge in [-0.2, -0.15) is 13.2 Å². The van der Waals surface area contributed by atoms with Crippen LogP contribution in [-0.2, 0) is 6.18 Å². The summed E-state index contributed by atoms with van der Waals surface area (Å²) >= 11 is 0. The first-order chi connectivity index (χ1) is 9.45. The van der Waals surface area contributed by atoms with E-state index in [-0.39, 0.29) is 6.04 Å². The first-order valence-corrected chi connectivity index (χ1v) is 6.34. The Kier molecular flexibility index (Phi) is 3.01. The SMILES string of the molecule is N[C@@H]1C[C@H]1c1ccc(-c2ccc(C(F)(F)F)cc2)nc1. The molecule has 20 heavy (non-hydrogen) atoms. The van der Waals surface area contributed by atoms with Gasteiger partial charge >= 0.3 is 6.18 Å². The van der Waals surface area contributed by atoms with E-state index in [4.69, 9.17) is 5.73 Å². The summed E-state index contributed by atoms with van der Waals surface area (Å²) in [5.74, 6) is 0.379. The van der Waals surface area contributed by atoms with Crippen LogP contribution in [0.5, 0.6) is 0 Å². The zero-order valence-electron chi connectivity index (χ0n) is 10.6. The first-order valence-electron chi connectivity index (χ1n) is 6.34. The molecule has 1 saturated carbocycles. The molecule has 1 heterocycles. The third-order valence-corrected chi connectivity index (χ3v) is 3.56. The predicted octanol–water partition coefficient (Wildman–Crippen LogP) is 3.58. The summed E-state index contributed by atoms with van der Waals surface area (Å²) in [5, 5.41) is 0. The van der Waals surface area contributed by atoms with Gasteiger partial charge in [0, 0.05) is 23.7 Å². The Labute approximate surface area is 114 Å². The Morgan fingerprint density at radius 2 is 1.70 bits per heavy atom. The maximum atomic E-state index is 12.5. The molecule has 0 radical (unpaired) electrons. The maximum Gasteiger partial charge on any atom is 0.416 e. The van der Waals surface area contributed by atoms with Crippen LogP contribution in [-0.4, -0.2) is 11.0 Å². The Bertz CT molecular complexity index is 603. The number of benzene rings is 1. The molecule has 2 nitrogen and oxygen atoms in total. The summed E-state index contributed by atoms with van der Waals surface area (Å²) in [6.45, 7) is 0. The van der Waals surface area contributed by atoms with E-state index < -0.39 is 11.7 Å². The summed E-state index contributed by atoms with van der Waals surface area (Å²) in [4.78, 5) is 4.30. The highest BCUT2D eigenvalue weighted by Gasteiger charge is 2.35. The molecule has 0 bridgehead atoms. The lowest BCUT2D eigenvalue weighted by molar-refractivity contribution is -0.137. The van der Waals surface area contributed by atoms with Gasteiger partial charge in [-0.1, -0.05) is 18.2 Å². The van der Waals surface area contributed by atoms with Crippen molar-refractivity contribution in [1.29, 1.82) is 0 Å². The lowest BCUT2D eigenvalue weighted by atomic mass is 10.1. The van der Waals surface area contributed by atoms with Gasteiger partial charge in [-0.15, -0.1) is 0 Å². The molecule has 2 N–H and O–H groups in total. The van der Waals surface area contributed by atoms with E-state index in [0.29, 0.717) is 17.2 Å². The zero-order valence-corrected chi connectivity index (χ0v) is 10.6. The number of hydrogen-bond acceptors (Lipinski definition) is 2. The fourth-order valence-electron chi connectivity index (χ4n) is 2.22. The molecule has 1 aliphatic carbocycles. The molecular formula is C15H13F3N2. The number of nitrogens with zero attached hydrogens (tertiary/aromatic N) is 1. The average Bonchev–Trinajstić information content (AvgIpc) is 3.15. The van der Waals surface area contributed by atoms with Crippen LogP contribution in [0.15, 0.2) is 42.6 Å². The van der Waals surface area contributed by atoms with Crippen molar-refractivity contribution in [2.45, 2.75) is 24.6 Å². The molecule has 5 heteroatoms. The Morgan fingerprint density at radius 3 is 2.15 bits per heavy atom. The highest BCUT2D eigenvalue weighted by molar-refractivity contribution is 5.59. The Balaban J connectivity index is 1.82. The van der Waals surface area contributed by atoms with Gasteiger partial charge in [-0.3, -0.25) is 4.98 Å². The highest BCUT2D eigenvalue weighted by Crippen LogP contribution is 2.39. The van der Waals surface area contributed by atoms with E-state index >= 15 is 0 Å². The molecular weight excluding hydrogens is 265 g/mol. The van der Waals surface area contributed by atoms with Crippen molar-refractivity contribution < 1.29 is 13.2 Å². The fourth-order valence-corrected chi connectivity index (χ4v) is 2.22. The smallest absolute Gasteiger partial charge is 0.327 e. The van der Waals surface area contributed by atoms with Crippen LogP contribution in [0.2, 0.25) is 0 Å². The molecule has 0 unspecified atom stereocenters. The van der Waals surface area contributed by atoms with E-state index in [2.05, 4.69) is 4.98 Å². The number of nitrogens with two attached hydrogens (primary N) is 1. The standard InChI is InChI=1S/C15H13F3N2/c16-15(17,18)11-4-1-9(2-5-11)14-6-3-10(8-20-14)12-7-13(12)19/h1-6,8,12-13H,7,19H2/t12-,13+/m0/s1. The zero-order chi connectivity index (χ0) is 14.3. The van der Waals surface area contributed by atoms with Gasteiger partial charge in [0.2, 0.25) is 0 Å². The number of pyridine rings is 1. The van der Waals surface area contributed by atoms with Gasteiger partial charge in [-0.25, -0.2) is 0 Å². The van der Waals surface area contributed by atoms with Crippen LogP contribution in [0.25, 0.3) is 11.3 Å². The molecule has 2 aromatic rings. The molecule has 1 aromatic carbocycles. The number of alkyl halides is 3. The highest BCUT2D eigenvalue weighted by atomic mass is 19.4. The average molecular weight is 278 g/mol. The van der Waals surface area contributed by atoms with Crippen LogP contribution in [0.1, 0.15) is 23.5 Å².